The molecular formula is C15H16O3. The number of carbonyl (C=O) groups is 1. The zero-order valence-electron chi connectivity index (χ0n) is 10.8. The monoisotopic (exact) mass is 244 g/mol. The first kappa shape index (κ1) is 12.4. The van der Waals surface area contributed by atoms with Gasteiger partial charge in [0.05, 0.1) is 11.8 Å². The summed E-state index contributed by atoms with van der Waals surface area (Å²) in [6.07, 6.45) is 1.61. The van der Waals surface area contributed by atoms with Crippen molar-refractivity contribution in [3.63, 3.8) is 0 Å². The van der Waals surface area contributed by atoms with E-state index in [4.69, 9.17) is 9.15 Å². The Morgan fingerprint density at radius 3 is 2.56 bits per heavy atom. The average Bonchev–Trinajstić information content (AvgIpc) is 2.80. The number of carbonyl (C=O) groups excluding carboxylic acids is 1. The molecule has 2 aromatic rings. The summed E-state index contributed by atoms with van der Waals surface area (Å²) in [7, 11) is 0. The lowest BCUT2D eigenvalue weighted by molar-refractivity contribution is 0.00696. The summed E-state index contributed by atoms with van der Waals surface area (Å²) in [6, 6.07) is 10.9. The minimum atomic E-state index is -0.488. The third kappa shape index (κ3) is 3.00. The largest absolute Gasteiger partial charge is 0.464 e. The van der Waals surface area contributed by atoms with Crippen molar-refractivity contribution in [2.45, 2.75) is 26.4 Å². The van der Waals surface area contributed by atoms with Crippen molar-refractivity contribution in [2.75, 3.05) is 0 Å². The smallest absolute Gasteiger partial charge is 0.338 e. The van der Waals surface area contributed by atoms with Gasteiger partial charge in [-0.15, -0.1) is 0 Å². The van der Waals surface area contributed by atoms with Gasteiger partial charge in [0.2, 0.25) is 0 Å². The van der Waals surface area contributed by atoms with E-state index < -0.39 is 5.60 Å². The van der Waals surface area contributed by atoms with Gasteiger partial charge in [0.25, 0.3) is 0 Å². The van der Waals surface area contributed by atoms with Gasteiger partial charge in [0.1, 0.15) is 11.4 Å². The molecule has 0 aliphatic heterocycles. The molecule has 1 heterocycles. The Bertz CT molecular complexity index is 533. The first-order chi connectivity index (χ1) is 8.46. The molecule has 0 saturated carbocycles. The Balaban J connectivity index is 2.25. The number of esters is 1. The second-order valence-electron chi connectivity index (χ2n) is 5.06. The predicted octanol–water partition coefficient (Wildman–Crippen LogP) is 3.90. The summed E-state index contributed by atoms with van der Waals surface area (Å²) < 4.78 is 10.6. The number of hydrogen-bond donors (Lipinski definition) is 0. The maximum atomic E-state index is 11.9. The predicted molar refractivity (Wildman–Crippen MR) is 69.3 cm³/mol. The zero-order chi connectivity index (χ0) is 13.2. The summed E-state index contributed by atoms with van der Waals surface area (Å²) in [5.74, 6) is 0.413. The van der Waals surface area contributed by atoms with Crippen molar-refractivity contribution < 1.29 is 13.9 Å². The first-order valence-electron chi connectivity index (χ1n) is 5.83. The van der Waals surface area contributed by atoms with Crippen LogP contribution in [0.15, 0.2) is 47.1 Å². The SMILES string of the molecule is CC(C)(C)OC(=O)c1cccc(-c2ccco2)c1. The van der Waals surface area contributed by atoms with Crippen molar-refractivity contribution in [1.29, 1.82) is 0 Å². The van der Waals surface area contributed by atoms with Gasteiger partial charge in [-0.3, -0.25) is 0 Å². The van der Waals surface area contributed by atoms with E-state index in [1.807, 2.05) is 45.0 Å². The van der Waals surface area contributed by atoms with Gasteiger partial charge in [-0.2, -0.15) is 0 Å². The molecule has 0 fully saturated rings. The van der Waals surface area contributed by atoms with E-state index in [2.05, 4.69) is 0 Å². The van der Waals surface area contributed by atoms with Crippen LogP contribution in [-0.2, 0) is 4.74 Å². The standard InChI is InChI=1S/C15H16O3/c1-15(2,3)18-14(16)12-7-4-6-11(10-12)13-8-5-9-17-13/h4-10H,1-3H3. The summed E-state index contributed by atoms with van der Waals surface area (Å²) in [6.45, 7) is 5.55. The molecule has 0 radical (unpaired) electrons. The number of hydrogen-bond acceptors (Lipinski definition) is 3. The van der Waals surface area contributed by atoms with E-state index >= 15 is 0 Å². The topological polar surface area (TPSA) is 39.4 Å². The lowest BCUT2D eigenvalue weighted by Crippen LogP contribution is -2.23. The van der Waals surface area contributed by atoms with Gasteiger partial charge in [-0.1, -0.05) is 12.1 Å². The first-order valence-corrected chi connectivity index (χ1v) is 5.83. The van der Waals surface area contributed by atoms with Crippen LogP contribution >= 0.6 is 0 Å². The molecule has 3 heteroatoms. The summed E-state index contributed by atoms with van der Waals surface area (Å²) >= 11 is 0. The Kier molecular flexibility index (Phi) is 3.24. The highest BCUT2D eigenvalue weighted by atomic mass is 16.6. The van der Waals surface area contributed by atoms with E-state index in [1.165, 1.54) is 0 Å². The molecule has 0 saturated heterocycles. The number of rotatable bonds is 2. The molecular weight excluding hydrogens is 228 g/mol. The molecule has 1 aromatic carbocycles. The molecule has 0 aliphatic carbocycles. The van der Waals surface area contributed by atoms with Gasteiger partial charge >= 0.3 is 5.97 Å². The van der Waals surface area contributed by atoms with Gasteiger partial charge in [0, 0.05) is 5.56 Å². The van der Waals surface area contributed by atoms with Crippen LogP contribution in [-0.4, -0.2) is 11.6 Å². The summed E-state index contributed by atoms with van der Waals surface area (Å²) in [4.78, 5) is 11.9. The summed E-state index contributed by atoms with van der Waals surface area (Å²) in [5, 5.41) is 0. The Morgan fingerprint density at radius 2 is 1.94 bits per heavy atom. The third-order valence-electron chi connectivity index (χ3n) is 2.30. The van der Waals surface area contributed by atoms with Gasteiger partial charge in [0.15, 0.2) is 0 Å². The molecule has 94 valence electrons. The van der Waals surface area contributed by atoms with Crippen molar-refractivity contribution in [1.82, 2.24) is 0 Å². The maximum Gasteiger partial charge on any atom is 0.338 e. The molecule has 0 aliphatic rings. The van der Waals surface area contributed by atoms with E-state index in [9.17, 15) is 4.79 Å². The minimum Gasteiger partial charge on any atom is -0.464 e. The van der Waals surface area contributed by atoms with Crippen LogP contribution in [0.4, 0.5) is 0 Å². The van der Waals surface area contributed by atoms with Crippen LogP contribution in [0.3, 0.4) is 0 Å². The average molecular weight is 244 g/mol. The van der Waals surface area contributed by atoms with Crippen molar-refractivity contribution in [3.8, 4) is 11.3 Å². The highest BCUT2D eigenvalue weighted by Gasteiger charge is 2.18. The second-order valence-corrected chi connectivity index (χ2v) is 5.06. The fourth-order valence-electron chi connectivity index (χ4n) is 1.58. The molecule has 2 rings (SSSR count). The molecule has 0 atom stereocenters. The van der Waals surface area contributed by atoms with E-state index in [-0.39, 0.29) is 5.97 Å². The number of furan rings is 1. The summed E-state index contributed by atoms with van der Waals surface area (Å²) in [5.41, 5.74) is 0.903. The number of ether oxygens (including phenoxy) is 1. The third-order valence-corrected chi connectivity index (χ3v) is 2.30. The number of benzene rings is 1. The van der Waals surface area contributed by atoms with Crippen LogP contribution in [0.5, 0.6) is 0 Å². The lowest BCUT2D eigenvalue weighted by Gasteiger charge is -2.19. The van der Waals surface area contributed by atoms with Crippen molar-refractivity contribution in [2.24, 2.45) is 0 Å². The van der Waals surface area contributed by atoms with Crippen molar-refractivity contribution >= 4 is 5.97 Å². The Morgan fingerprint density at radius 1 is 1.17 bits per heavy atom. The fraction of sp³-hybridized carbons (Fsp3) is 0.267. The van der Waals surface area contributed by atoms with Crippen LogP contribution in [0, 0.1) is 0 Å². The second kappa shape index (κ2) is 4.69. The van der Waals surface area contributed by atoms with Crippen LogP contribution in [0.1, 0.15) is 31.1 Å². The van der Waals surface area contributed by atoms with Gasteiger partial charge in [-0.05, 0) is 45.0 Å². The van der Waals surface area contributed by atoms with Crippen LogP contribution < -0.4 is 0 Å². The van der Waals surface area contributed by atoms with Crippen molar-refractivity contribution in [3.05, 3.63) is 48.2 Å². The molecule has 18 heavy (non-hydrogen) atoms. The normalized spacial score (nSPS) is 11.3. The quantitative estimate of drug-likeness (QED) is 0.752. The van der Waals surface area contributed by atoms with Gasteiger partial charge < -0.3 is 9.15 Å². The van der Waals surface area contributed by atoms with E-state index in [0.29, 0.717) is 5.56 Å². The van der Waals surface area contributed by atoms with E-state index in [0.717, 1.165) is 11.3 Å². The molecule has 1 aromatic heterocycles. The zero-order valence-corrected chi connectivity index (χ0v) is 10.8. The highest BCUT2D eigenvalue weighted by Crippen LogP contribution is 2.22. The van der Waals surface area contributed by atoms with Gasteiger partial charge in [-0.25, -0.2) is 4.79 Å². The highest BCUT2D eigenvalue weighted by molar-refractivity contribution is 5.91. The molecule has 0 unspecified atom stereocenters. The molecule has 3 nitrogen and oxygen atoms in total. The fourth-order valence-corrected chi connectivity index (χ4v) is 1.58. The maximum absolute atomic E-state index is 11.9. The minimum absolute atomic E-state index is 0.323. The van der Waals surface area contributed by atoms with Crippen LogP contribution in [0.25, 0.3) is 11.3 Å². The molecule has 0 bridgehead atoms. The Hall–Kier alpha value is -2.03. The van der Waals surface area contributed by atoms with E-state index in [1.54, 1.807) is 18.4 Å². The Labute approximate surface area is 106 Å². The van der Waals surface area contributed by atoms with Crippen LogP contribution in [0.2, 0.25) is 0 Å². The lowest BCUT2D eigenvalue weighted by atomic mass is 10.1. The molecule has 0 N–H and O–H groups in total. The molecule has 0 amide bonds. The molecule has 0 spiro atoms.